The summed E-state index contributed by atoms with van der Waals surface area (Å²) in [5.41, 5.74) is 2.81. The third-order valence-corrected chi connectivity index (χ3v) is 6.17. The van der Waals surface area contributed by atoms with Crippen molar-refractivity contribution in [1.82, 2.24) is 4.90 Å². The zero-order valence-corrected chi connectivity index (χ0v) is 18.8. The Balaban J connectivity index is 1.80. The molecule has 2 unspecified atom stereocenters. The molecule has 0 aromatic heterocycles. The number of carboxylic acids is 1. The first-order valence-electron chi connectivity index (χ1n) is 9.96. The molecule has 32 heavy (non-hydrogen) atoms. The smallest absolute Gasteiger partial charge is 0.337 e. The van der Waals surface area contributed by atoms with E-state index in [2.05, 4.69) is 15.9 Å². The van der Waals surface area contributed by atoms with E-state index >= 15 is 0 Å². The number of benzene rings is 3. The van der Waals surface area contributed by atoms with Gasteiger partial charge < -0.3 is 14.7 Å². The van der Waals surface area contributed by atoms with Crippen LogP contribution in [-0.2, 0) is 16.1 Å². The van der Waals surface area contributed by atoms with Crippen molar-refractivity contribution in [2.75, 3.05) is 7.11 Å². The molecule has 0 aliphatic carbocycles. The fourth-order valence-corrected chi connectivity index (χ4v) is 4.39. The maximum Gasteiger partial charge on any atom is 0.337 e. The minimum Gasteiger partial charge on any atom is -0.481 e. The van der Waals surface area contributed by atoms with Crippen LogP contribution in [0.15, 0.2) is 77.3 Å². The second-order valence-corrected chi connectivity index (χ2v) is 8.44. The van der Waals surface area contributed by atoms with Gasteiger partial charge >= 0.3 is 11.9 Å². The summed E-state index contributed by atoms with van der Waals surface area (Å²) in [6.07, 6.45) is 0. The van der Waals surface area contributed by atoms with Gasteiger partial charge in [-0.15, -0.1) is 0 Å². The number of aliphatic carboxylic acids is 1. The summed E-state index contributed by atoms with van der Waals surface area (Å²) < 4.78 is 5.60. The average Bonchev–Trinajstić information content (AvgIpc) is 2.81. The molecule has 0 fully saturated rings. The molecule has 0 saturated carbocycles. The molecular weight excluding hydrogens is 474 g/mol. The average molecular weight is 494 g/mol. The van der Waals surface area contributed by atoms with E-state index in [1.807, 2.05) is 24.3 Å². The van der Waals surface area contributed by atoms with Crippen LogP contribution < -0.4 is 0 Å². The number of carbonyl (C=O) groups excluding carboxylic acids is 2. The van der Waals surface area contributed by atoms with E-state index in [0.717, 1.165) is 15.6 Å². The van der Waals surface area contributed by atoms with Crippen LogP contribution in [0.5, 0.6) is 0 Å². The Morgan fingerprint density at radius 2 is 1.66 bits per heavy atom. The van der Waals surface area contributed by atoms with Gasteiger partial charge in [0.1, 0.15) is 5.92 Å². The summed E-state index contributed by atoms with van der Waals surface area (Å²) in [5, 5.41) is 10.2. The number of nitrogens with zero attached hydrogens (tertiary/aromatic N) is 1. The molecule has 0 spiro atoms. The van der Waals surface area contributed by atoms with Crippen LogP contribution in [0.3, 0.4) is 0 Å². The number of ether oxygens (including phenoxy) is 1. The lowest BCUT2D eigenvalue weighted by Gasteiger charge is -2.41. The van der Waals surface area contributed by atoms with Gasteiger partial charge in [-0.1, -0.05) is 58.4 Å². The molecule has 6 nitrogen and oxygen atoms in total. The number of hydrogen-bond acceptors (Lipinski definition) is 4. The Labute approximate surface area is 193 Å². The number of carboxylic acid groups (broad SMARTS) is 1. The van der Waals surface area contributed by atoms with Crippen molar-refractivity contribution in [1.29, 1.82) is 0 Å². The van der Waals surface area contributed by atoms with Crippen LogP contribution in [0, 0.1) is 0 Å². The summed E-state index contributed by atoms with van der Waals surface area (Å²) in [7, 11) is 1.31. The quantitative estimate of drug-likeness (QED) is 0.516. The number of amides is 1. The molecule has 2 atom stereocenters. The fourth-order valence-electron chi connectivity index (χ4n) is 4.13. The predicted octanol–water partition coefficient (Wildman–Crippen LogP) is 4.80. The summed E-state index contributed by atoms with van der Waals surface area (Å²) in [5.74, 6) is -2.59. The summed E-state index contributed by atoms with van der Waals surface area (Å²) in [6, 6.07) is 20.3. The Morgan fingerprint density at radius 3 is 2.28 bits per heavy atom. The second-order valence-electron chi connectivity index (χ2n) is 7.52. The van der Waals surface area contributed by atoms with Gasteiger partial charge in [0.05, 0.1) is 18.7 Å². The third kappa shape index (κ3) is 4.03. The van der Waals surface area contributed by atoms with Gasteiger partial charge in [0.25, 0.3) is 5.91 Å². The lowest BCUT2D eigenvalue weighted by atomic mass is 9.79. The van der Waals surface area contributed by atoms with E-state index in [0.29, 0.717) is 16.7 Å². The number of esters is 1. The van der Waals surface area contributed by atoms with E-state index < -0.39 is 23.9 Å². The van der Waals surface area contributed by atoms with E-state index in [4.69, 9.17) is 4.74 Å². The molecule has 1 aliphatic heterocycles. The number of fused-ring (bicyclic) bond motifs is 1. The van der Waals surface area contributed by atoms with Gasteiger partial charge in [-0.05, 0) is 47.0 Å². The highest BCUT2D eigenvalue weighted by Gasteiger charge is 2.44. The summed E-state index contributed by atoms with van der Waals surface area (Å²) in [4.78, 5) is 39.3. The van der Waals surface area contributed by atoms with E-state index in [-0.39, 0.29) is 12.5 Å². The minimum absolute atomic E-state index is 0.194. The van der Waals surface area contributed by atoms with Gasteiger partial charge in [-0.25, -0.2) is 4.79 Å². The standard InChI is InChI=1S/C25H20BrNO5/c1-32-25(31)17-8-6-15(7-9-17)14-27-22(16-10-12-18(26)13-11-16)21(24(29)30)19-4-2-3-5-20(19)23(27)28/h2-13,21-22H,14H2,1H3,(H,29,30). The molecule has 1 amide bonds. The van der Waals surface area contributed by atoms with Gasteiger partial charge in [-0.3, -0.25) is 9.59 Å². The molecule has 0 saturated heterocycles. The largest absolute Gasteiger partial charge is 0.481 e. The highest BCUT2D eigenvalue weighted by atomic mass is 79.9. The molecule has 1 aliphatic rings. The first-order chi connectivity index (χ1) is 15.4. The van der Waals surface area contributed by atoms with Crippen LogP contribution >= 0.6 is 15.9 Å². The van der Waals surface area contributed by atoms with Gasteiger partial charge in [0, 0.05) is 16.6 Å². The molecule has 162 valence electrons. The highest BCUT2D eigenvalue weighted by molar-refractivity contribution is 9.10. The zero-order valence-electron chi connectivity index (χ0n) is 17.2. The first kappa shape index (κ1) is 21.8. The zero-order chi connectivity index (χ0) is 22.8. The SMILES string of the molecule is COC(=O)c1ccc(CN2C(=O)c3ccccc3C(C(=O)O)C2c2ccc(Br)cc2)cc1. The van der Waals surface area contributed by atoms with Crippen LogP contribution in [0.1, 0.15) is 49.4 Å². The molecular formula is C25H20BrNO5. The molecule has 3 aromatic rings. The van der Waals surface area contributed by atoms with E-state index in [9.17, 15) is 19.5 Å². The molecule has 0 radical (unpaired) electrons. The summed E-state index contributed by atoms with van der Waals surface area (Å²) >= 11 is 3.41. The second kappa shape index (κ2) is 8.96. The van der Waals surface area contributed by atoms with Crippen molar-refractivity contribution in [3.05, 3.63) is 105 Å². The lowest BCUT2D eigenvalue weighted by Crippen LogP contribution is -2.44. The van der Waals surface area contributed by atoms with Gasteiger partial charge in [0.15, 0.2) is 0 Å². The van der Waals surface area contributed by atoms with Crippen molar-refractivity contribution >= 4 is 33.8 Å². The number of hydrogen-bond donors (Lipinski definition) is 1. The van der Waals surface area contributed by atoms with Crippen LogP contribution in [0.4, 0.5) is 0 Å². The van der Waals surface area contributed by atoms with Crippen molar-refractivity contribution in [2.24, 2.45) is 0 Å². The Kier molecular flexibility index (Phi) is 6.10. The molecule has 0 bridgehead atoms. The van der Waals surface area contributed by atoms with Crippen molar-refractivity contribution < 1.29 is 24.2 Å². The number of methoxy groups -OCH3 is 1. The monoisotopic (exact) mass is 493 g/mol. The Morgan fingerprint density at radius 1 is 1.00 bits per heavy atom. The van der Waals surface area contributed by atoms with E-state index in [1.54, 1.807) is 53.4 Å². The maximum atomic E-state index is 13.5. The molecule has 4 rings (SSSR count). The number of carbonyl (C=O) groups is 3. The van der Waals surface area contributed by atoms with Crippen molar-refractivity contribution in [3.8, 4) is 0 Å². The Hall–Kier alpha value is -3.45. The first-order valence-corrected chi connectivity index (χ1v) is 10.8. The number of rotatable bonds is 5. The highest BCUT2D eigenvalue weighted by Crippen LogP contribution is 2.43. The topological polar surface area (TPSA) is 83.9 Å². The van der Waals surface area contributed by atoms with Gasteiger partial charge in [-0.2, -0.15) is 0 Å². The normalized spacial score (nSPS) is 17.6. The maximum absolute atomic E-state index is 13.5. The van der Waals surface area contributed by atoms with Crippen molar-refractivity contribution in [3.63, 3.8) is 0 Å². The molecule has 7 heteroatoms. The lowest BCUT2D eigenvalue weighted by molar-refractivity contribution is -0.140. The molecule has 1 heterocycles. The third-order valence-electron chi connectivity index (χ3n) is 5.64. The van der Waals surface area contributed by atoms with Crippen LogP contribution in [0.25, 0.3) is 0 Å². The van der Waals surface area contributed by atoms with E-state index in [1.165, 1.54) is 7.11 Å². The molecule has 3 aromatic carbocycles. The number of halogens is 1. The summed E-state index contributed by atoms with van der Waals surface area (Å²) in [6.45, 7) is 0.194. The van der Waals surface area contributed by atoms with Crippen LogP contribution in [0.2, 0.25) is 0 Å². The van der Waals surface area contributed by atoms with Crippen molar-refractivity contribution in [2.45, 2.75) is 18.5 Å². The molecule has 1 N–H and O–H groups in total. The fraction of sp³-hybridized carbons (Fsp3) is 0.160. The Bertz CT molecular complexity index is 1170. The minimum atomic E-state index is -0.996. The predicted molar refractivity (Wildman–Crippen MR) is 121 cm³/mol. The van der Waals surface area contributed by atoms with Crippen LogP contribution in [-0.4, -0.2) is 35.0 Å². The van der Waals surface area contributed by atoms with Gasteiger partial charge in [0.2, 0.25) is 0 Å².